The predicted octanol–water partition coefficient (Wildman–Crippen LogP) is 4.29. The highest BCUT2D eigenvalue weighted by Gasteiger charge is 2.12. The number of benzene rings is 3. The SMILES string of the molecule is Cc1cc(O)c(NC(=S)NC(=O)c2cccc3ccccc23)cc1C. The van der Waals surface area contributed by atoms with Gasteiger partial charge in [-0.05, 0) is 66.2 Å². The van der Waals surface area contributed by atoms with E-state index in [0.717, 1.165) is 21.9 Å². The van der Waals surface area contributed by atoms with Gasteiger partial charge in [-0.3, -0.25) is 10.1 Å². The lowest BCUT2D eigenvalue weighted by Crippen LogP contribution is -2.34. The monoisotopic (exact) mass is 350 g/mol. The lowest BCUT2D eigenvalue weighted by Gasteiger charge is -2.13. The average molecular weight is 350 g/mol. The van der Waals surface area contributed by atoms with Crippen LogP contribution in [0.15, 0.2) is 54.6 Å². The van der Waals surface area contributed by atoms with Gasteiger partial charge in [0, 0.05) is 5.56 Å². The highest BCUT2D eigenvalue weighted by atomic mass is 32.1. The van der Waals surface area contributed by atoms with Crippen LogP contribution >= 0.6 is 12.2 Å². The molecule has 0 fully saturated rings. The summed E-state index contributed by atoms with van der Waals surface area (Å²) in [6.07, 6.45) is 0. The third-order valence-corrected chi connectivity index (χ3v) is 4.33. The molecule has 3 aromatic rings. The van der Waals surface area contributed by atoms with Crippen LogP contribution in [-0.4, -0.2) is 16.1 Å². The Balaban J connectivity index is 1.79. The summed E-state index contributed by atoms with van der Waals surface area (Å²) in [7, 11) is 0. The number of thiocarbonyl (C=S) groups is 1. The first-order chi connectivity index (χ1) is 12.0. The van der Waals surface area contributed by atoms with Crippen LogP contribution in [0.2, 0.25) is 0 Å². The molecule has 0 aliphatic rings. The van der Waals surface area contributed by atoms with E-state index in [4.69, 9.17) is 12.2 Å². The van der Waals surface area contributed by atoms with Crippen LogP contribution < -0.4 is 10.6 Å². The molecular formula is C20H18N2O2S. The number of aryl methyl sites for hydroxylation is 2. The standard InChI is InChI=1S/C20H18N2O2S/c1-12-10-17(18(23)11-13(12)2)21-20(25)22-19(24)16-9-5-7-14-6-3-4-8-15(14)16/h3-11,23H,1-2H3,(H2,21,22,24,25). The summed E-state index contributed by atoms with van der Waals surface area (Å²) >= 11 is 5.22. The largest absolute Gasteiger partial charge is 0.506 e. The predicted molar refractivity (Wildman–Crippen MR) is 105 cm³/mol. The summed E-state index contributed by atoms with van der Waals surface area (Å²) < 4.78 is 0. The second kappa shape index (κ2) is 6.91. The van der Waals surface area contributed by atoms with E-state index in [-0.39, 0.29) is 16.8 Å². The number of aromatic hydroxyl groups is 1. The Labute approximate surface area is 151 Å². The summed E-state index contributed by atoms with van der Waals surface area (Å²) in [4.78, 5) is 12.6. The Morgan fingerprint density at radius 1 is 1.00 bits per heavy atom. The molecule has 0 aromatic heterocycles. The van der Waals surface area contributed by atoms with Gasteiger partial charge >= 0.3 is 0 Å². The van der Waals surface area contributed by atoms with Crippen LogP contribution in [0.3, 0.4) is 0 Å². The Kier molecular flexibility index (Phi) is 4.67. The van der Waals surface area contributed by atoms with Gasteiger partial charge in [0.15, 0.2) is 5.11 Å². The van der Waals surface area contributed by atoms with Crippen molar-refractivity contribution in [3.63, 3.8) is 0 Å². The first-order valence-corrected chi connectivity index (χ1v) is 8.27. The molecule has 1 amide bonds. The minimum absolute atomic E-state index is 0.0878. The number of anilines is 1. The van der Waals surface area contributed by atoms with Crippen molar-refractivity contribution >= 4 is 39.7 Å². The molecule has 5 heteroatoms. The summed E-state index contributed by atoms with van der Waals surface area (Å²) in [5.41, 5.74) is 3.01. The van der Waals surface area contributed by atoms with E-state index in [1.807, 2.05) is 50.2 Å². The smallest absolute Gasteiger partial charge is 0.258 e. The Morgan fingerprint density at radius 3 is 2.48 bits per heavy atom. The Bertz CT molecular complexity index is 977. The van der Waals surface area contributed by atoms with Crippen molar-refractivity contribution in [3.05, 3.63) is 71.3 Å². The van der Waals surface area contributed by atoms with Crippen LogP contribution in [0.5, 0.6) is 5.75 Å². The van der Waals surface area contributed by atoms with E-state index >= 15 is 0 Å². The van der Waals surface area contributed by atoms with Crippen molar-refractivity contribution in [1.82, 2.24) is 5.32 Å². The zero-order valence-corrected chi connectivity index (χ0v) is 14.8. The molecule has 0 bridgehead atoms. The van der Waals surface area contributed by atoms with Gasteiger partial charge in [0.1, 0.15) is 5.75 Å². The van der Waals surface area contributed by atoms with Crippen molar-refractivity contribution in [2.45, 2.75) is 13.8 Å². The molecule has 0 saturated heterocycles. The number of amides is 1. The average Bonchev–Trinajstić information content (AvgIpc) is 2.59. The van der Waals surface area contributed by atoms with Crippen LogP contribution in [0.1, 0.15) is 21.5 Å². The Morgan fingerprint density at radius 2 is 1.68 bits per heavy atom. The second-order valence-corrected chi connectivity index (χ2v) is 6.30. The number of phenols is 1. The molecule has 0 radical (unpaired) electrons. The van der Waals surface area contributed by atoms with Gasteiger partial charge in [-0.25, -0.2) is 0 Å². The number of phenolic OH excluding ortho intramolecular Hbond substituents is 1. The highest BCUT2D eigenvalue weighted by molar-refractivity contribution is 7.80. The fourth-order valence-electron chi connectivity index (χ4n) is 2.65. The molecule has 3 N–H and O–H groups in total. The number of nitrogens with one attached hydrogen (secondary N) is 2. The second-order valence-electron chi connectivity index (χ2n) is 5.89. The number of carbonyl (C=O) groups is 1. The van der Waals surface area contributed by atoms with Gasteiger partial charge < -0.3 is 10.4 Å². The van der Waals surface area contributed by atoms with Crippen molar-refractivity contribution in [1.29, 1.82) is 0 Å². The maximum Gasteiger partial charge on any atom is 0.258 e. The first-order valence-electron chi connectivity index (χ1n) is 7.86. The molecule has 3 rings (SSSR count). The quantitative estimate of drug-likeness (QED) is 0.477. The number of hydrogen-bond donors (Lipinski definition) is 3. The molecule has 0 aliphatic carbocycles. The molecule has 0 unspecified atom stereocenters. The third-order valence-electron chi connectivity index (χ3n) is 4.12. The lowest BCUT2D eigenvalue weighted by atomic mass is 10.0. The molecule has 126 valence electrons. The molecule has 0 aliphatic heterocycles. The normalized spacial score (nSPS) is 10.5. The molecule has 0 atom stereocenters. The van der Waals surface area contributed by atoms with Crippen molar-refractivity contribution < 1.29 is 9.90 Å². The minimum atomic E-state index is -0.294. The highest BCUT2D eigenvalue weighted by Crippen LogP contribution is 2.26. The van der Waals surface area contributed by atoms with Crippen LogP contribution in [-0.2, 0) is 0 Å². The van der Waals surface area contributed by atoms with E-state index in [9.17, 15) is 9.90 Å². The fraction of sp³-hybridized carbons (Fsp3) is 0.100. The lowest BCUT2D eigenvalue weighted by molar-refractivity contribution is 0.0979. The number of hydrogen-bond acceptors (Lipinski definition) is 3. The zero-order chi connectivity index (χ0) is 18.0. The van der Waals surface area contributed by atoms with Crippen LogP contribution in [0.25, 0.3) is 10.8 Å². The maximum absolute atomic E-state index is 12.6. The number of rotatable bonds is 2. The Hall–Kier alpha value is -2.92. The van der Waals surface area contributed by atoms with Gasteiger partial charge in [-0.1, -0.05) is 36.4 Å². The van der Waals surface area contributed by atoms with Crippen LogP contribution in [0, 0.1) is 13.8 Å². The molecule has 0 spiro atoms. The van der Waals surface area contributed by atoms with Gasteiger partial charge in [-0.15, -0.1) is 0 Å². The maximum atomic E-state index is 12.6. The van der Waals surface area contributed by atoms with Gasteiger partial charge in [-0.2, -0.15) is 0 Å². The summed E-state index contributed by atoms with van der Waals surface area (Å²) in [5.74, 6) is -0.206. The van der Waals surface area contributed by atoms with E-state index in [1.54, 1.807) is 18.2 Å². The van der Waals surface area contributed by atoms with Gasteiger partial charge in [0.25, 0.3) is 5.91 Å². The van der Waals surface area contributed by atoms with Crippen molar-refractivity contribution in [2.24, 2.45) is 0 Å². The summed E-state index contributed by atoms with van der Waals surface area (Å²) in [6.45, 7) is 3.86. The summed E-state index contributed by atoms with van der Waals surface area (Å²) in [5, 5.41) is 17.6. The van der Waals surface area contributed by atoms with Crippen LogP contribution in [0.4, 0.5) is 5.69 Å². The fourth-order valence-corrected chi connectivity index (χ4v) is 2.85. The summed E-state index contributed by atoms with van der Waals surface area (Å²) in [6, 6.07) is 16.7. The molecule has 3 aromatic carbocycles. The van der Waals surface area contributed by atoms with Crippen molar-refractivity contribution in [2.75, 3.05) is 5.32 Å². The van der Waals surface area contributed by atoms with Gasteiger partial charge in [0.2, 0.25) is 0 Å². The van der Waals surface area contributed by atoms with Gasteiger partial charge in [0.05, 0.1) is 5.69 Å². The molecule has 0 heterocycles. The first kappa shape index (κ1) is 16.9. The molecule has 25 heavy (non-hydrogen) atoms. The van der Waals surface area contributed by atoms with E-state index in [2.05, 4.69) is 10.6 Å². The zero-order valence-electron chi connectivity index (χ0n) is 14.0. The van der Waals surface area contributed by atoms with E-state index in [1.165, 1.54) is 0 Å². The molecule has 4 nitrogen and oxygen atoms in total. The topological polar surface area (TPSA) is 61.4 Å². The van der Waals surface area contributed by atoms with Crippen molar-refractivity contribution in [3.8, 4) is 5.75 Å². The molecular weight excluding hydrogens is 332 g/mol. The van der Waals surface area contributed by atoms with E-state index in [0.29, 0.717) is 11.3 Å². The van der Waals surface area contributed by atoms with E-state index < -0.39 is 0 Å². The number of fused-ring (bicyclic) bond motifs is 1. The third kappa shape index (κ3) is 3.61. The molecule has 0 saturated carbocycles. The number of carbonyl (C=O) groups excluding carboxylic acids is 1. The minimum Gasteiger partial charge on any atom is -0.506 e.